The highest BCUT2D eigenvalue weighted by molar-refractivity contribution is 5.82. The second-order valence-electron chi connectivity index (χ2n) is 4.78. The maximum atomic E-state index is 11.5. The van der Waals surface area contributed by atoms with E-state index in [0.29, 0.717) is 18.6 Å². The number of hydrogen-bond donors (Lipinski definition) is 0. The molecule has 1 fully saturated rings. The van der Waals surface area contributed by atoms with E-state index < -0.39 is 0 Å². The highest BCUT2D eigenvalue weighted by Gasteiger charge is 2.24. The molecule has 3 heteroatoms. The maximum absolute atomic E-state index is 11.5. The highest BCUT2D eigenvalue weighted by Crippen LogP contribution is 2.16. The largest absolute Gasteiger partial charge is 0.302 e. The molecule has 0 amide bonds. The van der Waals surface area contributed by atoms with Crippen LogP contribution in [0.25, 0.3) is 0 Å². The van der Waals surface area contributed by atoms with Crippen molar-refractivity contribution in [3.8, 4) is 0 Å². The molecule has 92 valence electrons. The van der Waals surface area contributed by atoms with Gasteiger partial charge in [-0.3, -0.25) is 4.79 Å². The van der Waals surface area contributed by atoms with E-state index in [0.717, 1.165) is 38.9 Å². The molecule has 1 heterocycles. The lowest BCUT2D eigenvalue weighted by Crippen LogP contribution is -2.40. The van der Waals surface area contributed by atoms with Crippen molar-refractivity contribution in [1.29, 1.82) is 0 Å². The predicted octanol–water partition coefficient (Wildman–Crippen LogP) is 2.05. The Morgan fingerprint density at radius 1 is 1.44 bits per heavy atom. The minimum Gasteiger partial charge on any atom is -0.302 e. The maximum Gasteiger partial charge on any atom is 0.138 e. The van der Waals surface area contributed by atoms with Gasteiger partial charge in [0, 0.05) is 31.8 Å². The third-order valence-corrected chi connectivity index (χ3v) is 3.35. The van der Waals surface area contributed by atoms with Crippen LogP contribution in [0.15, 0.2) is 0 Å². The molecular weight excluding hydrogens is 202 g/mol. The second kappa shape index (κ2) is 6.79. The number of carbonyl (C=O) groups is 2. The first-order valence-electron chi connectivity index (χ1n) is 6.38. The molecule has 1 rings (SSSR count). The van der Waals surface area contributed by atoms with Gasteiger partial charge in [-0.05, 0) is 32.7 Å². The summed E-state index contributed by atoms with van der Waals surface area (Å²) in [4.78, 5) is 24.7. The van der Waals surface area contributed by atoms with Crippen LogP contribution in [-0.2, 0) is 9.59 Å². The van der Waals surface area contributed by atoms with E-state index >= 15 is 0 Å². The van der Waals surface area contributed by atoms with Gasteiger partial charge in [0.15, 0.2) is 0 Å². The molecule has 0 aromatic carbocycles. The molecule has 3 nitrogen and oxygen atoms in total. The first kappa shape index (κ1) is 13.4. The lowest BCUT2D eigenvalue weighted by Gasteiger charge is -2.31. The van der Waals surface area contributed by atoms with Crippen LogP contribution in [0.4, 0.5) is 0 Å². The molecule has 1 aliphatic rings. The molecule has 0 aliphatic carbocycles. The Morgan fingerprint density at radius 3 is 2.81 bits per heavy atom. The number of carbonyl (C=O) groups excluding carboxylic acids is 2. The summed E-state index contributed by atoms with van der Waals surface area (Å²) in [5.74, 6) is 0.962. The van der Waals surface area contributed by atoms with Gasteiger partial charge >= 0.3 is 0 Å². The summed E-state index contributed by atoms with van der Waals surface area (Å²) in [6.45, 7) is 6.61. The van der Waals surface area contributed by atoms with Crippen LogP contribution < -0.4 is 0 Å². The van der Waals surface area contributed by atoms with Crippen LogP contribution in [0.5, 0.6) is 0 Å². The van der Waals surface area contributed by atoms with Crippen molar-refractivity contribution in [2.24, 2.45) is 5.92 Å². The Morgan fingerprint density at radius 2 is 2.19 bits per heavy atom. The normalized spacial score (nSPS) is 22.4. The fourth-order valence-corrected chi connectivity index (χ4v) is 2.25. The molecule has 1 unspecified atom stereocenters. The van der Waals surface area contributed by atoms with Crippen LogP contribution in [0, 0.1) is 5.92 Å². The standard InChI is InChI=1S/C13H23NO2/c1-3-12-10-14(9-7-13(12)16)8-5-4-6-11(2)15/h12H,3-10H2,1-2H3. The zero-order valence-electron chi connectivity index (χ0n) is 10.5. The lowest BCUT2D eigenvalue weighted by atomic mass is 9.94. The van der Waals surface area contributed by atoms with Gasteiger partial charge in [-0.2, -0.15) is 0 Å². The average molecular weight is 225 g/mol. The first-order chi connectivity index (χ1) is 7.63. The molecule has 0 N–H and O–H groups in total. The van der Waals surface area contributed by atoms with Gasteiger partial charge in [0.05, 0.1) is 0 Å². The third kappa shape index (κ3) is 4.44. The average Bonchev–Trinajstić information content (AvgIpc) is 2.26. The molecule has 0 saturated carbocycles. The van der Waals surface area contributed by atoms with Crippen molar-refractivity contribution in [2.75, 3.05) is 19.6 Å². The summed E-state index contributed by atoms with van der Waals surface area (Å²) in [5.41, 5.74) is 0. The molecule has 1 aliphatic heterocycles. The van der Waals surface area contributed by atoms with E-state index in [2.05, 4.69) is 11.8 Å². The van der Waals surface area contributed by atoms with E-state index in [-0.39, 0.29) is 11.7 Å². The smallest absolute Gasteiger partial charge is 0.138 e. The van der Waals surface area contributed by atoms with E-state index in [1.807, 2.05) is 0 Å². The molecular formula is C13H23NO2. The topological polar surface area (TPSA) is 37.4 Å². The summed E-state index contributed by atoms with van der Waals surface area (Å²) in [5, 5.41) is 0. The van der Waals surface area contributed by atoms with Crippen molar-refractivity contribution in [3.63, 3.8) is 0 Å². The van der Waals surface area contributed by atoms with Crippen molar-refractivity contribution < 1.29 is 9.59 Å². The summed E-state index contributed by atoms with van der Waals surface area (Å²) < 4.78 is 0. The van der Waals surface area contributed by atoms with E-state index in [9.17, 15) is 9.59 Å². The Kier molecular flexibility index (Phi) is 5.67. The molecule has 1 saturated heterocycles. The minimum atomic E-state index is 0.251. The molecule has 0 spiro atoms. The summed E-state index contributed by atoms with van der Waals surface area (Å²) in [7, 11) is 0. The predicted molar refractivity (Wildman–Crippen MR) is 64.4 cm³/mol. The Labute approximate surface area is 98.2 Å². The number of piperidine rings is 1. The number of unbranched alkanes of at least 4 members (excludes halogenated alkanes) is 1. The fraction of sp³-hybridized carbons (Fsp3) is 0.846. The molecule has 0 radical (unpaired) electrons. The first-order valence-corrected chi connectivity index (χ1v) is 6.38. The van der Waals surface area contributed by atoms with Crippen molar-refractivity contribution in [3.05, 3.63) is 0 Å². The minimum absolute atomic E-state index is 0.251. The molecule has 16 heavy (non-hydrogen) atoms. The fourth-order valence-electron chi connectivity index (χ4n) is 2.25. The Balaban J connectivity index is 2.18. The van der Waals surface area contributed by atoms with Gasteiger partial charge in [-0.25, -0.2) is 0 Å². The lowest BCUT2D eigenvalue weighted by molar-refractivity contribution is -0.126. The van der Waals surface area contributed by atoms with Crippen molar-refractivity contribution >= 4 is 11.6 Å². The molecule has 0 aromatic rings. The second-order valence-corrected chi connectivity index (χ2v) is 4.78. The number of likely N-dealkylation sites (tertiary alicyclic amines) is 1. The van der Waals surface area contributed by atoms with Crippen LogP contribution in [-0.4, -0.2) is 36.1 Å². The van der Waals surface area contributed by atoms with Gasteiger partial charge in [-0.15, -0.1) is 0 Å². The Bertz CT molecular complexity index is 250. The van der Waals surface area contributed by atoms with E-state index in [1.165, 1.54) is 0 Å². The molecule has 1 atom stereocenters. The number of hydrogen-bond acceptors (Lipinski definition) is 3. The summed E-state index contributed by atoms with van der Waals surface area (Å²) >= 11 is 0. The third-order valence-electron chi connectivity index (χ3n) is 3.35. The van der Waals surface area contributed by atoms with Gasteiger partial charge in [-0.1, -0.05) is 6.92 Å². The Hall–Kier alpha value is -0.700. The monoisotopic (exact) mass is 225 g/mol. The van der Waals surface area contributed by atoms with E-state index in [4.69, 9.17) is 0 Å². The summed E-state index contributed by atoms with van der Waals surface area (Å²) in [6, 6.07) is 0. The number of ketones is 2. The van der Waals surface area contributed by atoms with Crippen LogP contribution in [0.1, 0.15) is 46.0 Å². The van der Waals surface area contributed by atoms with Crippen LogP contribution in [0.3, 0.4) is 0 Å². The van der Waals surface area contributed by atoms with Crippen LogP contribution >= 0.6 is 0 Å². The van der Waals surface area contributed by atoms with Gasteiger partial charge in [0.1, 0.15) is 11.6 Å². The zero-order chi connectivity index (χ0) is 12.0. The van der Waals surface area contributed by atoms with Crippen molar-refractivity contribution in [2.45, 2.75) is 46.0 Å². The molecule has 0 bridgehead atoms. The zero-order valence-corrected chi connectivity index (χ0v) is 10.5. The quantitative estimate of drug-likeness (QED) is 0.649. The number of Topliss-reactive ketones (excluding diaryl/α,β-unsaturated/α-hetero) is 2. The van der Waals surface area contributed by atoms with Gasteiger partial charge in [0.2, 0.25) is 0 Å². The van der Waals surface area contributed by atoms with Crippen LogP contribution in [0.2, 0.25) is 0 Å². The van der Waals surface area contributed by atoms with Gasteiger partial charge in [0.25, 0.3) is 0 Å². The van der Waals surface area contributed by atoms with Gasteiger partial charge < -0.3 is 9.69 Å². The number of nitrogens with zero attached hydrogens (tertiary/aromatic N) is 1. The number of rotatable bonds is 6. The molecule has 0 aromatic heterocycles. The van der Waals surface area contributed by atoms with Crippen molar-refractivity contribution in [1.82, 2.24) is 4.90 Å². The highest BCUT2D eigenvalue weighted by atomic mass is 16.1. The van der Waals surface area contributed by atoms with E-state index in [1.54, 1.807) is 6.92 Å². The summed E-state index contributed by atoms with van der Waals surface area (Å²) in [6.07, 6.45) is 4.43. The SMILES string of the molecule is CCC1CN(CCCCC(C)=O)CCC1=O.